The van der Waals surface area contributed by atoms with Gasteiger partial charge in [0.05, 0.1) is 26.9 Å². The predicted octanol–water partition coefficient (Wildman–Crippen LogP) is 3.94. The Bertz CT molecular complexity index is 949. The number of methoxy groups -OCH3 is 2. The molecule has 0 saturated carbocycles. The summed E-state index contributed by atoms with van der Waals surface area (Å²) in [7, 11) is 3.23. The van der Waals surface area contributed by atoms with Crippen LogP contribution in [0, 0.1) is 0 Å². The van der Waals surface area contributed by atoms with Crippen LogP contribution >= 0.6 is 0 Å². The maximum atomic E-state index is 6.13. The number of fused-ring (bicyclic) bond motifs is 1. The van der Waals surface area contributed by atoms with Gasteiger partial charge in [0, 0.05) is 18.7 Å². The quantitative estimate of drug-likeness (QED) is 0.540. The normalized spacial score (nSPS) is 18.5. The van der Waals surface area contributed by atoms with Gasteiger partial charge in [0.1, 0.15) is 6.61 Å². The molecule has 0 spiro atoms. The van der Waals surface area contributed by atoms with Gasteiger partial charge in [-0.1, -0.05) is 48.5 Å². The fourth-order valence-electron chi connectivity index (χ4n) is 3.62. The van der Waals surface area contributed by atoms with Crippen LogP contribution in [0.5, 0.6) is 17.2 Å². The van der Waals surface area contributed by atoms with Crippen LogP contribution in [-0.4, -0.2) is 46.6 Å². The maximum absolute atomic E-state index is 6.13. The summed E-state index contributed by atoms with van der Waals surface area (Å²) in [5.41, 5.74) is 1.07. The van der Waals surface area contributed by atoms with Gasteiger partial charge in [-0.15, -0.1) is 0 Å². The summed E-state index contributed by atoms with van der Waals surface area (Å²) in [5.74, 6) is 1.92. The highest BCUT2D eigenvalue weighted by molar-refractivity contribution is 5.85. The molecule has 1 aliphatic rings. The molecular formula is C24H27NO5. The average molecular weight is 409 g/mol. The van der Waals surface area contributed by atoms with E-state index in [1.165, 1.54) is 5.39 Å². The van der Waals surface area contributed by atoms with E-state index in [2.05, 4.69) is 29.6 Å². The first-order chi connectivity index (χ1) is 14.8. The molecule has 3 aromatic rings. The molecule has 1 aliphatic heterocycles. The molecule has 2 atom stereocenters. The van der Waals surface area contributed by atoms with Gasteiger partial charge in [-0.3, -0.25) is 0 Å². The van der Waals surface area contributed by atoms with E-state index in [0.29, 0.717) is 43.6 Å². The van der Waals surface area contributed by atoms with E-state index >= 15 is 0 Å². The lowest BCUT2D eigenvalue weighted by molar-refractivity contribution is -0.0585. The lowest BCUT2D eigenvalue weighted by Gasteiger charge is -2.16. The highest BCUT2D eigenvalue weighted by Crippen LogP contribution is 2.36. The monoisotopic (exact) mass is 409 g/mol. The van der Waals surface area contributed by atoms with Crippen molar-refractivity contribution in [1.29, 1.82) is 0 Å². The minimum atomic E-state index is -0.336. The van der Waals surface area contributed by atoms with E-state index in [0.717, 1.165) is 10.9 Å². The van der Waals surface area contributed by atoms with Gasteiger partial charge in [-0.25, -0.2) is 0 Å². The van der Waals surface area contributed by atoms with Crippen LogP contribution in [0.4, 0.5) is 0 Å². The SMILES string of the molecule is COc1cccc(OC)c1OCCNC[C@@H]1CO[C@H](c2cccc3ccccc23)O1. The van der Waals surface area contributed by atoms with Crippen molar-refractivity contribution in [2.45, 2.75) is 12.4 Å². The van der Waals surface area contributed by atoms with Crippen LogP contribution in [0.3, 0.4) is 0 Å². The van der Waals surface area contributed by atoms with Crippen LogP contribution in [0.15, 0.2) is 60.7 Å². The van der Waals surface area contributed by atoms with Crippen molar-refractivity contribution in [3.63, 3.8) is 0 Å². The van der Waals surface area contributed by atoms with Gasteiger partial charge in [0.25, 0.3) is 0 Å². The molecule has 30 heavy (non-hydrogen) atoms. The second-order valence-electron chi connectivity index (χ2n) is 7.04. The second kappa shape index (κ2) is 9.80. The summed E-state index contributed by atoms with van der Waals surface area (Å²) >= 11 is 0. The molecule has 3 aromatic carbocycles. The number of ether oxygens (including phenoxy) is 5. The molecule has 0 radical (unpaired) electrons. The summed E-state index contributed by atoms with van der Waals surface area (Å²) in [6.07, 6.45) is -0.341. The molecule has 0 bridgehead atoms. The molecule has 0 aromatic heterocycles. The number of rotatable bonds is 9. The first kappa shape index (κ1) is 20.5. The maximum Gasteiger partial charge on any atom is 0.203 e. The molecule has 1 saturated heterocycles. The van der Waals surface area contributed by atoms with E-state index in [4.69, 9.17) is 23.7 Å². The molecule has 1 fully saturated rings. The van der Waals surface area contributed by atoms with Gasteiger partial charge in [0.15, 0.2) is 17.8 Å². The number of hydrogen-bond acceptors (Lipinski definition) is 6. The first-order valence-electron chi connectivity index (χ1n) is 10.1. The number of nitrogens with one attached hydrogen (secondary N) is 1. The lowest BCUT2D eigenvalue weighted by Crippen LogP contribution is -2.31. The fourth-order valence-corrected chi connectivity index (χ4v) is 3.62. The summed E-state index contributed by atoms with van der Waals surface area (Å²) < 4.78 is 28.6. The predicted molar refractivity (Wildman–Crippen MR) is 115 cm³/mol. The molecule has 1 N–H and O–H groups in total. The smallest absolute Gasteiger partial charge is 0.203 e. The Labute approximate surface area is 176 Å². The van der Waals surface area contributed by atoms with E-state index in [-0.39, 0.29) is 12.4 Å². The van der Waals surface area contributed by atoms with E-state index < -0.39 is 0 Å². The Kier molecular flexibility index (Phi) is 6.69. The van der Waals surface area contributed by atoms with Gasteiger partial charge >= 0.3 is 0 Å². The first-order valence-corrected chi connectivity index (χ1v) is 10.1. The molecular weight excluding hydrogens is 382 g/mol. The third-order valence-electron chi connectivity index (χ3n) is 5.11. The Hall–Kier alpha value is -2.80. The highest BCUT2D eigenvalue weighted by Gasteiger charge is 2.28. The van der Waals surface area contributed by atoms with Gasteiger partial charge < -0.3 is 29.0 Å². The molecule has 6 nitrogen and oxygen atoms in total. The van der Waals surface area contributed by atoms with Crippen molar-refractivity contribution in [3.05, 3.63) is 66.2 Å². The third-order valence-corrected chi connectivity index (χ3v) is 5.11. The standard InChI is InChI=1S/C24H27NO5/c1-26-21-11-6-12-22(27-2)23(21)28-14-13-25-15-18-16-29-24(30-18)20-10-5-8-17-7-3-4-9-19(17)20/h3-12,18,24-25H,13-16H2,1-2H3/t18-,24+/m1/s1. The topological polar surface area (TPSA) is 58.2 Å². The zero-order valence-corrected chi connectivity index (χ0v) is 17.3. The van der Waals surface area contributed by atoms with Gasteiger partial charge in [0.2, 0.25) is 5.75 Å². The Morgan fingerprint density at radius 3 is 2.47 bits per heavy atom. The van der Waals surface area contributed by atoms with Gasteiger partial charge in [-0.2, -0.15) is 0 Å². The second-order valence-corrected chi connectivity index (χ2v) is 7.04. The molecule has 0 aliphatic carbocycles. The Balaban J connectivity index is 1.26. The van der Waals surface area contributed by atoms with E-state index in [1.54, 1.807) is 14.2 Å². The van der Waals surface area contributed by atoms with E-state index in [9.17, 15) is 0 Å². The van der Waals surface area contributed by atoms with Crippen molar-refractivity contribution in [1.82, 2.24) is 5.32 Å². The number of hydrogen-bond donors (Lipinski definition) is 1. The largest absolute Gasteiger partial charge is 0.493 e. The minimum absolute atomic E-state index is 0.00485. The minimum Gasteiger partial charge on any atom is -0.493 e. The zero-order chi connectivity index (χ0) is 20.8. The summed E-state index contributed by atoms with van der Waals surface area (Å²) in [4.78, 5) is 0. The highest BCUT2D eigenvalue weighted by atomic mass is 16.7. The van der Waals surface area contributed by atoms with Crippen molar-refractivity contribution < 1.29 is 23.7 Å². The molecule has 1 heterocycles. The molecule has 6 heteroatoms. The van der Waals surface area contributed by atoms with Crippen molar-refractivity contribution >= 4 is 10.8 Å². The zero-order valence-electron chi connectivity index (χ0n) is 17.3. The van der Waals surface area contributed by atoms with Crippen LogP contribution in [0.2, 0.25) is 0 Å². The Morgan fingerprint density at radius 1 is 0.933 bits per heavy atom. The van der Waals surface area contributed by atoms with Crippen LogP contribution in [0.25, 0.3) is 10.8 Å². The molecule has 4 rings (SSSR count). The van der Waals surface area contributed by atoms with Crippen LogP contribution < -0.4 is 19.5 Å². The third kappa shape index (κ3) is 4.51. The summed E-state index contributed by atoms with van der Waals surface area (Å²) in [5, 5.41) is 5.72. The lowest BCUT2D eigenvalue weighted by atomic mass is 10.0. The number of benzene rings is 3. The molecule has 158 valence electrons. The fraction of sp³-hybridized carbons (Fsp3) is 0.333. The molecule has 0 amide bonds. The summed E-state index contributed by atoms with van der Waals surface area (Å²) in [6, 6.07) is 20.1. The molecule has 0 unspecified atom stereocenters. The van der Waals surface area contributed by atoms with E-state index in [1.807, 2.05) is 36.4 Å². The van der Waals surface area contributed by atoms with Crippen molar-refractivity contribution in [3.8, 4) is 17.2 Å². The van der Waals surface area contributed by atoms with Crippen molar-refractivity contribution in [2.75, 3.05) is 40.5 Å². The number of para-hydroxylation sites is 1. The van der Waals surface area contributed by atoms with Crippen LogP contribution in [-0.2, 0) is 9.47 Å². The van der Waals surface area contributed by atoms with Crippen LogP contribution in [0.1, 0.15) is 11.9 Å². The Morgan fingerprint density at radius 2 is 1.67 bits per heavy atom. The average Bonchev–Trinajstić information content (AvgIpc) is 3.27. The van der Waals surface area contributed by atoms with Gasteiger partial charge in [-0.05, 0) is 22.9 Å². The summed E-state index contributed by atoms with van der Waals surface area (Å²) in [6.45, 7) is 2.40. The van der Waals surface area contributed by atoms with Crippen molar-refractivity contribution in [2.24, 2.45) is 0 Å².